The highest BCUT2D eigenvalue weighted by Gasteiger charge is 2.49. The smallest absolute Gasteiger partial charge is 0.417 e. The molecule has 4 rings (SSSR count). The van der Waals surface area contributed by atoms with E-state index in [9.17, 15) is 31.1 Å². The lowest BCUT2D eigenvalue weighted by Crippen LogP contribution is -2.38. The van der Waals surface area contributed by atoms with Gasteiger partial charge in [-0.3, -0.25) is 9.79 Å². The van der Waals surface area contributed by atoms with Crippen molar-refractivity contribution in [1.29, 1.82) is 0 Å². The number of halogens is 6. The van der Waals surface area contributed by atoms with Gasteiger partial charge >= 0.3 is 12.8 Å². The largest absolute Gasteiger partial charge is 0.431 e. The molecule has 4 nitrogen and oxygen atoms in total. The Bertz CT molecular complexity index is 950. The van der Waals surface area contributed by atoms with Gasteiger partial charge < -0.3 is 9.64 Å². The zero-order chi connectivity index (χ0) is 20.3. The van der Waals surface area contributed by atoms with Gasteiger partial charge in [-0.2, -0.15) is 22.0 Å². The third-order valence-electron chi connectivity index (χ3n) is 4.93. The average Bonchev–Trinajstić information content (AvgIpc) is 2.97. The number of carbonyl (C=O) groups is 1. The van der Waals surface area contributed by atoms with Crippen molar-refractivity contribution < 1.29 is 35.9 Å². The molecule has 0 fully saturated rings. The number of ketones is 1. The van der Waals surface area contributed by atoms with Gasteiger partial charge in [-0.05, 0) is 24.1 Å². The van der Waals surface area contributed by atoms with E-state index < -0.39 is 41.3 Å². The first-order chi connectivity index (χ1) is 13.1. The maximum atomic E-state index is 14.2. The Kier molecular flexibility index (Phi) is 4.06. The number of amidine groups is 1. The number of ether oxygens (including phenoxy) is 1. The van der Waals surface area contributed by atoms with Gasteiger partial charge in [-0.15, -0.1) is 0 Å². The number of aliphatic imine (C=N–C) groups is 1. The van der Waals surface area contributed by atoms with Crippen molar-refractivity contribution in [2.24, 2.45) is 4.99 Å². The van der Waals surface area contributed by atoms with Crippen molar-refractivity contribution in [2.45, 2.75) is 31.2 Å². The van der Waals surface area contributed by atoms with Crippen LogP contribution in [0.25, 0.3) is 0 Å². The fraction of sp³-hybridized carbons (Fsp3) is 0.333. The number of fused-ring (bicyclic) bond motifs is 3. The Hall–Kier alpha value is -2.78. The second-order valence-corrected chi connectivity index (χ2v) is 6.65. The molecule has 1 aromatic rings. The summed E-state index contributed by atoms with van der Waals surface area (Å²) < 4.78 is 83.5. The van der Waals surface area contributed by atoms with Crippen molar-refractivity contribution >= 4 is 11.6 Å². The summed E-state index contributed by atoms with van der Waals surface area (Å²) in [5.41, 5.74) is -2.35. The number of benzene rings is 1. The molecular formula is C18H12F6N2O2. The van der Waals surface area contributed by atoms with Crippen molar-refractivity contribution in [3.05, 3.63) is 58.8 Å². The van der Waals surface area contributed by atoms with Crippen LogP contribution in [-0.4, -0.2) is 35.9 Å². The maximum Gasteiger partial charge on any atom is 0.417 e. The van der Waals surface area contributed by atoms with E-state index in [2.05, 4.69) is 9.73 Å². The van der Waals surface area contributed by atoms with Crippen LogP contribution in [-0.2, 0) is 10.3 Å². The zero-order valence-electron chi connectivity index (χ0n) is 14.1. The fourth-order valence-electron chi connectivity index (χ4n) is 3.77. The number of nitrogens with zero attached hydrogens (tertiary/aromatic N) is 2. The Morgan fingerprint density at radius 2 is 2.00 bits per heavy atom. The minimum atomic E-state index is -4.79. The number of hydrogen-bond donors (Lipinski definition) is 0. The van der Waals surface area contributed by atoms with Gasteiger partial charge in [-0.1, -0.05) is 12.1 Å². The summed E-state index contributed by atoms with van der Waals surface area (Å²) in [6, 6.07) is 3.96. The molecule has 0 bridgehead atoms. The quantitative estimate of drug-likeness (QED) is 0.693. The molecule has 2 aliphatic heterocycles. The van der Waals surface area contributed by atoms with Crippen LogP contribution in [0, 0.1) is 5.82 Å². The minimum absolute atomic E-state index is 0.0663. The highest BCUT2D eigenvalue weighted by atomic mass is 19.4. The first-order valence-corrected chi connectivity index (χ1v) is 8.25. The van der Waals surface area contributed by atoms with Gasteiger partial charge in [0.05, 0.1) is 17.7 Å². The van der Waals surface area contributed by atoms with Crippen LogP contribution in [0.2, 0.25) is 0 Å². The second-order valence-electron chi connectivity index (χ2n) is 6.65. The van der Waals surface area contributed by atoms with Crippen molar-refractivity contribution in [2.75, 3.05) is 6.54 Å². The molecule has 10 heteroatoms. The molecule has 3 aliphatic rings. The maximum absolute atomic E-state index is 14.2. The summed E-state index contributed by atoms with van der Waals surface area (Å²) in [7, 11) is 0. The molecule has 2 heterocycles. The molecule has 1 spiro atoms. The molecular weight excluding hydrogens is 390 g/mol. The predicted octanol–water partition coefficient (Wildman–Crippen LogP) is 4.29. The van der Waals surface area contributed by atoms with Crippen molar-refractivity contribution in [3.8, 4) is 0 Å². The molecule has 1 atom stereocenters. The summed E-state index contributed by atoms with van der Waals surface area (Å²) in [5, 5.41) is 0. The highest BCUT2D eigenvalue weighted by molar-refractivity contribution is 6.03. The lowest BCUT2D eigenvalue weighted by Gasteiger charge is -2.33. The summed E-state index contributed by atoms with van der Waals surface area (Å²) in [4.78, 5) is 17.6. The van der Waals surface area contributed by atoms with Crippen molar-refractivity contribution in [3.63, 3.8) is 0 Å². The molecule has 0 saturated heterocycles. The second kappa shape index (κ2) is 6.11. The SMILES string of the molecule is O=C1CCC2(CN3C=C(C(F)(F)F)C=C(OC(F)F)C3=N2)c2cccc(F)c21. The van der Waals surface area contributed by atoms with Crippen LogP contribution >= 0.6 is 0 Å². The van der Waals surface area contributed by atoms with Gasteiger partial charge in [0.1, 0.15) is 11.4 Å². The van der Waals surface area contributed by atoms with Crippen LogP contribution in [0.3, 0.4) is 0 Å². The van der Waals surface area contributed by atoms with Crippen molar-refractivity contribution in [1.82, 2.24) is 4.90 Å². The van der Waals surface area contributed by atoms with Gasteiger partial charge in [-0.25, -0.2) is 4.39 Å². The summed E-state index contributed by atoms with van der Waals surface area (Å²) in [6.07, 6.45) is -3.53. The first kappa shape index (κ1) is 18.6. The van der Waals surface area contributed by atoms with E-state index in [4.69, 9.17) is 0 Å². The number of Topliss-reactive ketones (excluding diaryl/α,β-unsaturated/α-hetero) is 1. The van der Waals surface area contributed by atoms with Crippen LogP contribution in [0.15, 0.2) is 46.8 Å². The van der Waals surface area contributed by atoms with Crippen LogP contribution in [0.5, 0.6) is 0 Å². The van der Waals surface area contributed by atoms with Gasteiger partial charge in [0.25, 0.3) is 0 Å². The van der Waals surface area contributed by atoms with E-state index in [1.807, 2.05) is 0 Å². The van der Waals surface area contributed by atoms with Crippen LogP contribution in [0.4, 0.5) is 26.3 Å². The van der Waals surface area contributed by atoms with Gasteiger partial charge in [0.15, 0.2) is 17.4 Å². The average molecular weight is 402 g/mol. The van der Waals surface area contributed by atoms with E-state index in [-0.39, 0.29) is 36.3 Å². The van der Waals surface area contributed by atoms with E-state index in [1.54, 1.807) is 0 Å². The molecule has 0 radical (unpaired) electrons. The Labute approximate surface area is 154 Å². The third-order valence-corrected chi connectivity index (χ3v) is 4.93. The molecule has 0 saturated carbocycles. The molecule has 148 valence electrons. The normalized spacial score (nSPS) is 24.0. The number of alkyl halides is 5. The first-order valence-electron chi connectivity index (χ1n) is 8.25. The monoisotopic (exact) mass is 402 g/mol. The molecule has 1 unspecified atom stereocenters. The summed E-state index contributed by atoms with van der Waals surface area (Å²) >= 11 is 0. The van der Waals surface area contributed by atoms with E-state index >= 15 is 0 Å². The fourth-order valence-corrected chi connectivity index (χ4v) is 3.77. The van der Waals surface area contributed by atoms with E-state index in [0.29, 0.717) is 6.08 Å². The minimum Gasteiger partial charge on any atom is -0.431 e. The lowest BCUT2D eigenvalue weighted by molar-refractivity contribution is -0.0981. The Morgan fingerprint density at radius 1 is 1.25 bits per heavy atom. The lowest BCUT2D eigenvalue weighted by atomic mass is 9.76. The predicted molar refractivity (Wildman–Crippen MR) is 85.1 cm³/mol. The summed E-state index contributed by atoms with van der Waals surface area (Å²) in [6.45, 7) is -3.51. The van der Waals surface area contributed by atoms with Gasteiger partial charge in [0.2, 0.25) is 0 Å². The molecule has 28 heavy (non-hydrogen) atoms. The molecule has 0 amide bonds. The molecule has 1 aromatic carbocycles. The Morgan fingerprint density at radius 3 is 2.68 bits per heavy atom. The third kappa shape index (κ3) is 2.87. The molecule has 0 aromatic heterocycles. The highest BCUT2D eigenvalue weighted by Crippen LogP contribution is 2.46. The topological polar surface area (TPSA) is 41.9 Å². The number of carbonyl (C=O) groups excluding carboxylic acids is 1. The van der Waals surface area contributed by atoms with E-state index in [0.717, 1.165) is 17.2 Å². The number of rotatable bonds is 2. The van der Waals surface area contributed by atoms with Crippen LogP contribution < -0.4 is 0 Å². The van der Waals surface area contributed by atoms with E-state index in [1.165, 1.54) is 12.1 Å². The summed E-state index contributed by atoms with van der Waals surface area (Å²) in [5.74, 6) is -2.12. The standard InChI is InChI=1S/C18H12F6N2O2/c19-11-3-1-2-10-14(11)12(27)4-5-17(10)8-26-7-9(18(22,23)24)6-13(15(26)25-17)28-16(20)21/h1-3,6-7,16H,4-5,8H2. The molecule has 0 N–H and O–H groups in total. The molecule has 1 aliphatic carbocycles. The Balaban J connectivity index is 1.84. The number of allylic oxidation sites excluding steroid dienone is 2. The number of hydrogen-bond acceptors (Lipinski definition) is 4. The van der Waals surface area contributed by atoms with Gasteiger partial charge in [0, 0.05) is 12.6 Å². The zero-order valence-corrected chi connectivity index (χ0v) is 14.1. The van der Waals surface area contributed by atoms with Crippen LogP contribution in [0.1, 0.15) is 28.8 Å².